The molecule has 4 heteroatoms. The van der Waals surface area contributed by atoms with Crippen molar-refractivity contribution in [2.75, 3.05) is 0 Å². The van der Waals surface area contributed by atoms with E-state index in [1.54, 1.807) is 11.3 Å². The van der Waals surface area contributed by atoms with Crippen LogP contribution in [0.15, 0.2) is 16.8 Å². The van der Waals surface area contributed by atoms with Gasteiger partial charge in [-0.2, -0.15) is 11.3 Å². The van der Waals surface area contributed by atoms with Crippen molar-refractivity contribution in [3.63, 3.8) is 0 Å². The molecule has 1 atom stereocenters. The lowest BCUT2D eigenvalue weighted by Crippen LogP contribution is -2.49. The third-order valence-electron chi connectivity index (χ3n) is 2.40. The van der Waals surface area contributed by atoms with Gasteiger partial charge in [0.15, 0.2) is 0 Å². The van der Waals surface area contributed by atoms with E-state index in [0.717, 1.165) is 5.56 Å². The first-order chi connectivity index (χ1) is 6.92. The van der Waals surface area contributed by atoms with Crippen molar-refractivity contribution in [3.8, 4) is 0 Å². The van der Waals surface area contributed by atoms with E-state index in [0.29, 0.717) is 6.42 Å². The number of carbonyl (C=O) groups is 1. The van der Waals surface area contributed by atoms with Gasteiger partial charge in [-0.05, 0) is 36.2 Å². The van der Waals surface area contributed by atoms with Gasteiger partial charge in [-0.1, -0.05) is 22.9 Å². The second kappa shape index (κ2) is 5.12. The van der Waals surface area contributed by atoms with Gasteiger partial charge in [0.05, 0.1) is 6.42 Å². The zero-order valence-electron chi connectivity index (χ0n) is 9.21. The summed E-state index contributed by atoms with van der Waals surface area (Å²) in [6.07, 6.45) is 0.465. The number of amides is 1. The number of alkyl halides is 1. The molecule has 0 aliphatic heterocycles. The Kier molecular flexibility index (Phi) is 4.34. The van der Waals surface area contributed by atoms with Crippen LogP contribution < -0.4 is 5.32 Å². The van der Waals surface area contributed by atoms with Crippen LogP contribution in [0.2, 0.25) is 0 Å². The quantitative estimate of drug-likeness (QED) is 0.849. The highest BCUT2D eigenvalue weighted by molar-refractivity contribution is 9.09. The SMILES string of the molecule is CC(Br)C(C)(C)NC(=O)Cc1ccsc1. The molecule has 1 unspecified atom stereocenters. The monoisotopic (exact) mass is 289 g/mol. The third-order valence-corrected chi connectivity index (χ3v) is 4.28. The van der Waals surface area contributed by atoms with E-state index < -0.39 is 0 Å². The van der Waals surface area contributed by atoms with E-state index in [-0.39, 0.29) is 16.3 Å². The Hall–Kier alpha value is -0.350. The van der Waals surface area contributed by atoms with Gasteiger partial charge in [-0.15, -0.1) is 0 Å². The Labute approximate surface area is 103 Å². The molecule has 0 spiro atoms. The third kappa shape index (κ3) is 3.95. The summed E-state index contributed by atoms with van der Waals surface area (Å²) in [4.78, 5) is 11.9. The molecule has 0 saturated carbocycles. The summed E-state index contributed by atoms with van der Waals surface area (Å²) in [6, 6.07) is 1.98. The maximum atomic E-state index is 11.7. The first-order valence-electron chi connectivity index (χ1n) is 4.88. The van der Waals surface area contributed by atoms with Crippen molar-refractivity contribution >= 4 is 33.2 Å². The zero-order valence-corrected chi connectivity index (χ0v) is 11.6. The lowest BCUT2D eigenvalue weighted by molar-refractivity contribution is -0.121. The summed E-state index contributed by atoms with van der Waals surface area (Å²) in [5.41, 5.74) is 0.864. The molecule has 1 aromatic heterocycles. The van der Waals surface area contributed by atoms with Crippen LogP contribution in [0.25, 0.3) is 0 Å². The molecule has 0 saturated heterocycles. The minimum Gasteiger partial charge on any atom is -0.350 e. The van der Waals surface area contributed by atoms with Gasteiger partial charge in [0, 0.05) is 10.4 Å². The molecular weight excluding hydrogens is 274 g/mol. The van der Waals surface area contributed by atoms with Crippen molar-refractivity contribution in [1.29, 1.82) is 0 Å². The molecule has 1 rings (SSSR count). The molecule has 0 radical (unpaired) electrons. The summed E-state index contributed by atoms with van der Waals surface area (Å²) >= 11 is 5.11. The van der Waals surface area contributed by atoms with Crippen molar-refractivity contribution in [3.05, 3.63) is 22.4 Å². The normalized spacial score (nSPS) is 13.6. The number of thiophene rings is 1. The first kappa shape index (κ1) is 12.7. The molecule has 0 aliphatic rings. The van der Waals surface area contributed by atoms with E-state index in [4.69, 9.17) is 0 Å². The lowest BCUT2D eigenvalue weighted by atomic mass is 10.0. The van der Waals surface area contributed by atoms with Gasteiger partial charge in [-0.3, -0.25) is 4.79 Å². The van der Waals surface area contributed by atoms with Crippen LogP contribution in [-0.2, 0) is 11.2 Å². The topological polar surface area (TPSA) is 29.1 Å². The van der Waals surface area contributed by atoms with Crippen LogP contribution in [0.5, 0.6) is 0 Å². The predicted molar refractivity (Wildman–Crippen MR) is 68.6 cm³/mol. The average molecular weight is 290 g/mol. The highest BCUT2D eigenvalue weighted by atomic mass is 79.9. The number of halogens is 1. The minimum atomic E-state index is -0.215. The summed E-state index contributed by atoms with van der Waals surface area (Å²) in [5, 5.41) is 7.00. The van der Waals surface area contributed by atoms with Crippen molar-refractivity contribution in [1.82, 2.24) is 5.32 Å². The van der Waals surface area contributed by atoms with Crippen molar-refractivity contribution in [2.45, 2.75) is 37.6 Å². The van der Waals surface area contributed by atoms with Crippen molar-refractivity contribution in [2.24, 2.45) is 0 Å². The number of hydrogen-bond acceptors (Lipinski definition) is 2. The molecule has 0 fully saturated rings. The van der Waals surface area contributed by atoms with Crippen LogP contribution in [0.1, 0.15) is 26.3 Å². The van der Waals surface area contributed by atoms with Gasteiger partial charge in [0.2, 0.25) is 5.91 Å². The summed E-state index contributed by atoms with van der Waals surface area (Å²) in [6.45, 7) is 6.06. The molecule has 0 aliphatic carbocycles. The predicted octanol–water partition coefficient (Wildman–Crippen LogP) is 2.97. The number of carbonyl (C=O) groups excluding carboxylic acids is 1. The highest BCUT2D eigenvalue weighted by Gasteiger charge is 2.25. The second-order valence-corrected chi connectivity index (χ2v) is 6.35. The fraction of sp³-hybridized carbons (Fsp3) is 0.545. The van der Waals surface area contributed by atoms with Crippen LogP contribution in [0.3, 0.4) is 0 Å². The Morgan fingerprint density at radius 3 is 2.80 bits per heavy atom. The second-order valence-electron chi connectivity index (χ2n) is 4.19. The number of nitrogens with one attached hydrogen (secondary N) is 1. The van der Waals surface area contributed by atoms with E-state index in [9.17, 15) is 4.79 Å². The number of rotatable bonds is 4. The van der Waals surface area contributed by atoms with E-state index >= 15 is 0 Å². The maximum absolute atomic E-state index is 11.7. The molecule has 1 amide bonds. The Morgan fingerprint density at radius 2 is 2.33 bits per heavy atom. The Balaban J connectivity index is 2.50. The Bertz CT molecular complexity index is 319. The summed E-state index contributed by atoms with van der Waals surface area (Å²) in [7, 11) is 0. The average Bonchev–Trinajstić information content (AvgIpc) is 2.54. The van der Waals surface area contributed by atoms with E-state index in [1.807, 2.05) is 37.6 Å². The first-order valence-corrected chi connectivity index (χ1v) is 6.74. The van der Waals surface area contributed by atoms with E-state index in [1.165, 1.54) is 0 Å². The van der Waals surface area contributed by atoms with Gasteiger partial charge in [0.1, 0.15) is 0 Å². The summed E-state index contributed by atoms with van der Waals surface area (Å²) in [5.74, 6) is 0.0738. The van der Waals surface area contributed by atoms with Gasteiger partial charge < -0.3 is 5.32 Å². The molecule has 1 N–H and O–H groups in total. The van der Waals surface area contributed by atoms with E-state index in [2.05, 4.69) is 21.2 Å². The van der Waals surface area contributed by atoms with Crippen molar-refractivity contribution < 1.29 is 4.79 Å². The molecule has 2 nitrogen and oxygen atoms in total. The highest BCUT2D eigenvalue weighted by Crippen LogP contribution is 2.17. The standard InChI is InChI=1S/C11H16BrNOS/c1-8(12)11(2,3)13-10(14)6-9-4-5-15-7-9/h4-5,7-8H,6H2,1-3H3,(H,13,14). The van der Waals surface area contributed by atoms with Crippen LogP contribution in [-0.4, -0.2) is 16.3 Å². The molecule has 0 aromatic carbocycles. The van der Waals surface area contributed by atoms with Gasteiger partial charge in [0.25, 0.3) is 0 Å². The van der Waals surface area contributed by atoms with Gasteiger partial charge in [-0.25, -0.2) is 0 Å². The molecule has 0 bridgehead atoms. The Morgan fingerprint density at radius 1 is 1.67 bits per heavy atom. The van der Waals surface area contributed by atoms with Crippen LogP contribution in [0, 0.1) is 0 Å². The maximum Gasteiger partial charge on any atom is 0.224 e. The van der Waals surface area contributed by atoms with Crippen LogP contribution in [0.4, 0.5) is 0 Å². The fourth-order valence-electron chi connectivity index (χ4n) is 1.08. The molecular formula is C11H16BrNOS. The largest absolute Gasteiger partial charge is 0.350 e. The molecule has 1 aromatic rings. The smallest absolute Gasteiger partial charge is 0.224 e. The molecule has 84 valence electrons. The van der Waals surface area contributed by atoms with Gasteiger partial charge >= 0.3 is 0 Å². The van der Waals surface area contributed by atoms with Crippen LogP contribution >= 0.6 is 27.3 Å². The lowest BCUT2D eigenvalue weighted by Gasteiger charge is -2.29. The number of hydrogen-bond donors (Lipinski definition) is 1. The minimum absolute atomic E-state index is 0.0738. The molecule has 1 heterocycles. The molecule has 15 heavy (non-hydrogen) atoms. The zero-order chi connectivity index (χ0) is 11.5. The fourth-order valence-corrected chi connectivity index (χ4v) is 1.86. The summed E-state index contributed by atoms with van der Waals surface area (Å²) < 4.78 is 0.